The van der Waals surface area contributed by atoms with Crippen molar-refractivity contribution < 1.29 is 4.74 Å². The Labute approximate surface area is 131 Å². The van der Waals surface area contributed by atoms with Crippen LogP contribution in [0.3, 0.4) is 0 Å². The van der Waals surface area contributed by atoms with Gasteiger partial charge in [0.25, 0.3) is 0 Å². The molecule has 2 aromatic rings. The van der Waals surface area contributed by atoms with Gasteiger partial charge in [0, 0.05) is 16.8 Å². The molecular weight excluding hydrogens is 276 g/mol. The molecule has 0 spiro atoms. The first kappa shape index (κ1) is 14.7. The Balaban J connectivity index is 1.82. The molecule has 2 heteroatoms. The highest BCUT2D eigenvalue weighted by Crippen LogP contribution is 2.40. The highest BCUT2D eigenvalue weighted by atomic mass is 32.2. The minimum Gasteiger partial charge on any atom is -0.372 e. The number of benzene rings is 2. The van der Waals surface area contributed by atoms with E-state index in [1.165, 1.54) is 22.4 Å². The number of hydrogen-bond donors (Lipinski definition) is 0. The third-order valence-corrected chi connectivity index (χ3v) is 5.47. The van der Waals surface area contributed by atoms with Gasteiger partial charge >= 0.3 is 0 Å². The average molecular weight is 298 g/mol. The fourth-order valence-corrected chi connectivity index (χ4v) is 4.39. The smallest absolute Gasteiger partial charge is 0.0946 e. The van der Waals surface area contributed by atoms with Gasteiger partial charge < -0.3 is 4.74 Å². The van der Waals surface area contributed by atoms with E-state index in [4.69, 9.17) is 4.74 Å². The van der Waals surface area contributed by atoms with E-state index in [9.17, 15) is 0 Å². The molecule has 0 bridgehead atoms. The molecule has 3 rings (SSSR count). The second kappa shape index (κ2) is 7.15. The Kier molecular flexibility index (Phi) is 5.00. The first-order chi connectivity index (χ1) is 10.4. The van der Waals surface area contributed by atoms with Crippen molar-refractivity contribution >= 4 is 11.8 Å². The second-order valence-corrected chi connectivity index (χ2v) is 6.74. The first-order valence-electron chi connectivity index (χ1n) is 7.79. The van der Waals surface area contributed by atoms with E-state index >= 15 is 0 Å². The maximum atomic E-state index is 6.10. The summed E-state index contributed by atoms with van der Waals surface area (Å²) in [6.45, 7) is 3.11. The summed E-state index contributed by atoms with van der Waals surface area (Å²) in [4.78, 5) is 1.41. The van der Waals surface area contributed by atoms with Crippen molar-refractivity contribution in [3.8, 4) is 0 Å². The molecule has 0 N–H and O–H groups in total. The standard InChI is InChI=1S/C19H22OS/c1-2-15-9-6-7-12-17(15)21-18-13-8-14-20-19(18)16-10-4-3-5-11-16/h3-7,9-12,18-19H,2,8,13-14H2,1H3/t18-,19+/m0/s1. The van der Waals surface area contributed by atoms with Gasteiger partial charge in [0.15, 0.2) is 0 Å². The molecule has 1 fully saturated rings. The molecule has 1 aliphatic rings. The van der Waals surface area contributed by atoms with Crippen molar-refractivity contribution in [2.45, 2.75) is 42.4 Å². The molecule has 0 aliphatic carbocycles. The minimum absolute atomic E-state index is 0.217. The predicted octanol–water partition coefficient (Wildman–Crippen LogP) is 5.26. The van der Waals surface area contributed by atoms with Crippen LogP contribution in [0, 0.1) is 0 Å². The lowest BCUT2D eigenvalue weighted by atomic mass is 10.0. The zero-order chi connectivity index (χ0) is 14.5. The summed E-state index contributed by atoms with van der Waals surface area (Å²) >= 11 is 1.99. The summed E-state index contributed by atoms with van der Waals surface area (Å²) in [5.41, 5.74) is 2.75. The lowest BCUT2D eigenvalue weighted by Gasteiger charge is -2.32. The van der Waals surface area contributed by atoms with Crippen LogP contribution in [0.5, 0.6) is 0 Å². The SMILES string of the molecule is CCc1ccccc1S[C@H]1CCCO[C@@H]1c1ccccc1. The fourth-order valence-electron chi connectivity index (χ4n) is 2.90. The van der Waals surface area contributed by atoms with Crippen LogP contribution in [0.2, 0.25) is 0 Å². The van der Waals surface area contributed by atoms with Crippen LogP contribution >= 0.6 is 11.8 Å². The van der Waals surface area contributed by atoms with Gasteiger partial charge in [-0.2, -0.15) is 0 Å². The number of aryl methyl sites for hydroxylation is 1. The molecule has 2 atom stereocenters. The summed E-state index contributed by atoms with van der Waals surface area (Å²) in [6, 6.07) is 19.4. The van der Waals surface area contributed by atoms with Gasteiger partial charge in [-0.15, -0.1) is 11.8 Å². The van der Waals surface area contributed by atoms with Gasteiger partial charge in [-0.3, -0.25) is 0 Å². The van der Waals surface area contributed by atoms with Crippen LogP contribution in [-0.4, -0.2) is 11.9 Å². The summed E-state index contributed by atoms with van der Waals surface area (Å²) < 4.78 is 6.10. The van der Waals surface area contributed by atoms with Gasteiger partial charge in [0.2, 0.25) is 0 Å². The molecule has 0 amide bonds. The van der Waals surface area contributed by atoms with Crippen molar-refractivity contribution in [3.05, 3.63) is 65.7 Å². The third-order valence-electron chi connectivity index (χ3n) is 4.03. The monoisotopic (exact) mass is 298 g/mol. The number of thioether (sulfide) groups is 1. The average Bonchev–Trinajstić information content (AvgIpc) is 2.57. The Hall–Kier alpha value is -1.25. The molecule has 1 nitrogen and oxygen atoms in total. The van der Waals surface area contributed by atoms with Crippen LogP contribution in [0.25, 0.3) is 0 Å². The number of ether oxygens (including phenoxy) is 1. The summed E-state index contributed by atoms with van der Waals surface area (Å²) in [5, 5.41) is 0.508. The van der Waals surface area contributed by atoms with Crippen LogP contribution in [-0.2, 0) is 11.2 Å². The lowest BCUT2D eigenvalue weighted by Crippen LogP contribution is -2.24. The zero-order valence-corrected chi connectivity index (χ0v) is 13.3. The summed E-state index contributed by atoms with van der Waals surface area (Å²) in [7, 11) is 0. The van der Waals surface area contributed by atoms with Gasteiger partial charge in [0.1, 0.15) is 0 Å². The van der Waals surface area contributed by atoms with E-state index in [1.807, 2.05) is 11.8 Å². The van der Waals surface area contributed by atoms with Crippen LogP contribution in [0.4, 0.5) is 0 Å². The molecule has 110 valence electrons. The van der Waals surface area contributed by atoms with E-state index in [-0.39, 0.29) is 6.10 Å². The molecule has 0 aromatic heterocycles. The number of rotatable bonds is 4. The molecule has 1 aliphatic heterocycles. The van der Waals surface area contributed by atoms with E-state index < -0.39 is 0 Å². The highest BCUT2D eigenvalue weighted by Gasteiger charge is 2.28. The van der Waals surface area contributed by atoms with Crippen molar-refractivity contribution in [2.24, 2.45) is 0 Å². The van der Waals surface area contributed by atoms with Gasteiger partial charge in [-0.25, -0.2) is 0 Å². The maximum Gasteiger partial charge on any atom is 0.0946 e. The topological polar surface area (TPSA) is 9.23 Å². The van der Waals surface area contributed by atoms with Crippen molar-refractivity contribution in [3.63, 3.8) is 0 Å². The Bertz CT molecular complexity index is 567. The van der Waals surface area contributed by atoms with E-state index in [1.54, 1.807) is 0 Å². The number of hydrogen-bond acceptors (Lipinski definition) is 2. The molecule has 21 heavy (non-hydrogen) atoms. The largest absolute Gasteiger partial charge is 0.372 e. The van der Waals surface area contributed by atoms with Crippen molar-refractivity contribution in [1.82, 2.24) is 0 Å². The summed E-state index contributed by atoms with van der Waals surface area (Å²) in [6.07, 6.45) is 3.69. The van der Waals surface area contributed by atoms with E-state index in [0.717, 1.165) is 19.4 Å². The van der Waals surface area contributed by atoms with Gasteiger partial charge in [0.05, 0.1) is 6.10 Å². The van der Waals surface area contributed by atoms with Gasteiger partial charge in [-0.05, 0) is 36.5 Å². The Morgan fingerprint density at radius 3 is 2.62 bits per heavy atom. The molecular formula is C19H22OS. The normalized spacial score (nSPS) is 22.1. The van der Waals surface area contributed by atoms with Crippen molar-refractivity contribution in [2.75, 3.05) is 6.61 Å². The molecule has 1 heterocycles. The van der Waals surface area contributed by atoms with Gasteiger partial charge in [-0.1, -0.05) is 55.5 Å². The Morgan fingerprint density at radius 1 is 1.05 bits per heavy atom. The predicted molar refractivity (Wildman–Crippen MR) is 89.8 cm³/mol. The minimum atomic E-state index is 0.217. The molecule has 0 radical (unpaired) electrons. The quantitative estimate of drug-likeness (QED) is 0.761. The fraction of sp³-hybridized carbons (Fsp3) is 0.368. The molecule has 1 saturated heterocycles. The highest BCUT2D eigenvalue weighted by molar-refractivity contribution is 8.00. The first-order valence-corrected chi connectivity index (χ1v) is 8.67. The Morgan fingerprint density at radius 2 is 1.81 bits per heavy atom. The van der Waals surface area contributed by atoms with Crippen LogP contribution in [0.1, 0.15) is 37.0 Å². The summed E-state index contributed by atoms with van der Waals surface area (Å²) in [5.74, 6) is 0. The maximum absolute atomic E-state index is 6.10. The third kappa shape index (κ3) is 3.50. The molecule has 2 aromatic carbocycles. The zero-order valence-electron chi connectivity index (χ0n) is 12.5. The van der Waals surface area contributed by atoms with Crippen LogP contribution < -0.4 is 0 Å². The second-order valence-electron chi connectivity index (χ2n) is 5.46. The van der Waals surface area contributed by atoms with E-state index in [2.05, 4.69) is 61.5 Å². The lowest BCUT2D eigenvalue weighted by molar-refractivity contribution is 0.0202. The molecule has 0 unspecified atom stereocenters. The van der Waals surface area contributed by atoms with Crippen LogP contribution in [0.15, 0.2) is 59.5 Å². The molecule has 0 saturated carbocycles. The van der Waals surface area contributed by atoms with E-state index in [0.29, 0.717) is 5.25 Å². The van der Waals surface area contributed by atoms with Crippen molar-refractivity contribution in [1.29, 1.82) is 0 Å².